The molecule has 0 fully saturated rings. The van der Waals surface area contributed by atoms with E-state index in [0.717, 1.165) is 5.92 Å². The van der Waals surface area contributed by atoms with E-state index in [1.165, 1.54) is 10.6 Å². The monoisotopic (exact) mass is 192 g/mol. The van der Waals surface area contributed by atoms with Gasteiger partial charge in [-0.25, -0.2) is 0 Å². The minimum Gasteiger partial charge on any atom is -0.125 e. The lowest BCUT2D eigenvalue weighted by molar-refractivity contribution is 0.793. The predicted octanol–water partition coefficient (Wildman–Crippen LogP) is 4.02. The van der Waals surface area contributed by atoms with Gasteiger partial charge in [-0.1, -0.05) is 32.9 Å². The second kappa shape index (κ2) is 3.38. The van der Waals surface area contributed by atoms with Gasteiger partial charge >= 0.3 is 0 Å². The summed E-state index contributed by atoms with van der Waals surface area (Å²) in [6.45, 7) is 6.90. The first-order valence-corrected chi connectivity index (χ1v) is 5.94. The minimum atomic E-state index is 0.663. The highest BCUT2D eigenvalue weighted by Gasteiger charge is 2.22. The fourth-order valence-corrected chi connectivity index (χ4v) is 3.26. The van der Waals surface area contributed by atoms with Crippen molar-refractivity contribution >= 4 is 11.8 Å². The van der Waals surface area contributed by atoms with Gasteiger partial charge < -0.3 is 0 Å². The van der Waals surface area contributed by atoms with Crippen LogP contribution >= 0.6 is 11.8 Å². The lowest BCUT2D eigenvalue weighted by Crippen LogP contribution is -1.98. The molecule has 1 heteroatoms. The lowest BCUT2D eigenvalue weighted by Gasteiger charge is -2.14. The third-order valence-corrected chi connectivity index (χ3v) is 4.04. The Morgan fingerprint density at radius 1 is 1.38 bits per heavy atom. The zero-order valence-corrected chi connectivity index (χ0v) is 9.32. The average Bonchev–Trinajstić information content (AvgIpc) is 2.48. The van der Waals surface area contributed by atoms with Crippen molar-refractivity contribution < 1.29 is 0 Å². The molecule has 0 saturated carbocycles. The Bertz CT molecular complexity index is 315. The Kier molecular flexibility index (Phi) is 2.37. The molecule has 0 amide bonds. The topological polar surface area (TPSA) is 0 Å². The van der Waals surface area contributed by atoms with Crippen LogP contribution in [0.5, 0.6) is 0 Å². The Labute approximate surface area is 84.7 Å². The summed E-state index contributed by atoms with van der Waals surface area (Å²) in [5, 5.41) is 0. The summed E-state index contributed by atoms with van der Waals surface area (Å²) in [6.07, 6.45) is 0. The first kappa shape index (κ1) is 9.14. The molecule has 13 heavy (non-hydrogen) atoms. The van der Waals surface area contributed by atoms with Gasteiger partial charge in [-0.05, 0) is 29.0 Å². The van der Waals surface area contributed by atoms with E-state index in [4.69, 9.17) is 0 Å². The molecule has 0 N–H and O–H groups in total. The lowest BCUT2D eigenvalue weighted by atomic mass is 9.91. The van der Waals surface area contributed by atoms with Crippen molar-refractivity contribution in [1.29, 1.82) is 0 Å². The van der Waals surface area contributed by atoms with E-state index in [0.29, 0.717) is 5.92 Å². The fraction of sp³-hybridized carbons (Fsp3) is 0.500. The normalized spacial score (nSPS) is 20.8. The summed E-state index contributed by atoms with van der Waals surface area (Å²) in [5.41, 5.74) is 3.16. The van der Waals surface area contributed by atoms with Gasteiger partial charge in [0, 0.05) is 10.6 Å². The molecule has 0 bridgehead atoms. The van der Waals surface area contributed by atoms with Gasteiger partial charge in [0.25, 0.3) is 0 Å². The van der Waals surface area contributed by atoms with Crippen molar-refractivity contribution in [1.82, 2.24) is 0 Å². The van der Waals surface area contributed by atoms with E-state index in [9.17, 15) is 0 Å². The SMILES string of the molecule is CC(C)c1cccc2c1[C@H](C)CS2. The van der Waals surface area contributed by atoms with Crippen LogP contribution in [0.15, 0.2) is 23.1 Å². The third kappa shape index (κ3) is 1.50. The molecular formula is C12H16S. The van der Waals surface area contributed by atoms with E-state index >= 15 is 0 Å². The Hall–Kier alpha value is -0.430. The molecular weight excluding hydrogens is 176 g/mol. The van der Waals surface area contributed by atoms with Crippen LogP contribution in [-0.4, -0.2) is 5.75 Å². The van der Waals surface area contributed by atoms with Crippen LogP contribution in [-0.2, 0) is 0 Å². The molecule has 70 valence electrons. The zero-order chi connectivity index (χ0) is 9.42. The second-order valence-electron chi connectivity index (χ2n) is 4.13. The number of hydrogen-bond acceptors (Lipinski definition) is 1. The number of benzene rings is 1. The molecule has 0 nitrogen and oxygen atoms in total. The van der Waals surface area contributed by atoms with E-state index in [-0.39, 0.29) is 0 Å². The number of fused-ring (bicyclic) bond motifs is 1. The summed E-state index contributed by atoms with van der Waals surface area (Å²) in [5.74, 6) is 2.67. The van der Waals surface area contributed by atoms with Gasteiger partial charge in [-0.2, -0.15) is 0 Å². The molecule has 2 rings (SSSR count). The van der Waals surface area contributed by atoms with Crippen LogP contribution < -0.4 is 0 Å². The highest BCUT2D eigenvalue weighted by Crippen LogP contribution is 2.42. The first-order valence-electron chi connectivity index (χ1n) is 4.95. The predicted molar refractivity (Wildman–Crippen MR) is 59.7 cm³/mol. The Balaban J connectivity index is 2.53. The molecule has 0 radical (unpaired) electrons. The smallest absolute Gasteiger partial charge is 0.0110 e. The molecule has 0 unspecified atom stereocenters. The molecule has 1 aliphatic rings. The van der Waals surface area contributed by atoms with Gasteiger partial charge in [-0.3, -0.25) is 0 Å². The summed E-state index contributed by atoms with van der Waals surface area (Å²) in [7, 11) is 0. The highest BCUT2D eigenvalue weighted by molar-refractivity contribution is 7.99. The van der Waals surface area contributed by atoms with Crippen molar-refractivity contribution in [3.8, 4) is 0 Å². The largest absolute Gasteiger partial charge is 0.125 e. The van der Waals surface area contributed by atoms with Crippen LogP contribution in [0.3, 0.4) is 0 Å². The standard InChI is InChI=1S/C12H16S/c1-8(2)10-5-4-6-11-12(10)9(3)7-13-11/h4-6,8-9H,7H2,1-3H3/t9-/m1/s1. The quantitative estimate of drug-likeness (QED) is 0.647. The summed E-state index contributed by atoms with van der Waals surface area (Å²) < 4.78 is 0. The second-order valence-corrected chi connectivity index (χ2v) is 5.19. The van der Waals surface area contributed by atoms with Gasteiger partial charge in [0.15, 0.2) is 0 Å². The van der Waals surface area contributed by atoms with Gasteiger partial charge in [0.05, 0.1) is 0 Å². The summed E-state index contributed by atoms with van der Waals surface area (Å²) in [6, 6.07) is 6.74. The molecule has 0 spiro atoms. The van der Waals surface area contributed by atoms with Crippen LogP contribution in [0.1, 0.15) is 43.7 Å². The molecule has 1 atom stereocenters. The van der Waals surface area contributed by atoms with Crippen molar-refractivity contribution in [2.24, 2.45) is 0 Å². The zero-order valence-electron chi connectivity index (χ0n) is 8.50. The number of hydrogen-bond donors (Lipinski definition) is 0. The minimum absolute atomic E-state index is 0.663. The summed E-state index contributed by atoms with van der Waals surface area (Å²) in [4.78, 5) is 1.51. The van der Waals surface area contributed by atoms with Crippen molar-refractivity contribution in [2.75, 3.05) is 5.75 Å². The molecule has 0 saturated heterocycles. The fourth-order valence-electron chi connectivity index (χ4n) is 2.02. The van der Waals surface area contributed by atoms with Crippen LogP contribution in [0, 0.1) is 0 Å². The van der Waals surface area contributed by atoms with E-state index in [1.807, 2.05) is 11.8 Å². The summed E-state index contributed by atoms with van der Waals surface area (Å²) >= 11 is 2.01. The number of thioether (sulfide) groups is 1. The van der Waals surface area contributed by atoms with E-state index in [2.05, 4.69) is 39.0 Å². The van der Waals surface area contributed by atoms with Crippen LogP contribution in [0.4, 0.5) is 0 Å². The molecule has 1 aliphatic heterocycles. The van der Waals surface area contributed by atoms with Crippen LogP contribution in [0.2, 0.25) is 0 Å². The maximum absolute atomic E-state index is 2.34. The first-order chi connectivity index (χ1) is 6.20. The Morgan fingerprint density at radius 3 is 2.85 bits per heavy atom. The molecule has 0 aliphatic carbocycles. The van der Waals surface area contributed by atoms with Gasteiger partial charge in [-0.15, -0.1) is 11.8 Å². The molecule has 1 aromatic carbocycles. The highest BCUT2D eigenvalue weighted by atomic mass is 32.2. The van der Waals surface area contributed by atoms with E-state index in [1.54, 1.807) is 11.1 Å². The van der Waals surface area contributed by atoms with Gasteiger partial charge in [0.1, 0.15) is 0 Å². The molecule has 1 aromatic rings. The van der Waals surface area contributed by atoms with Gasteiger partial charge in [0.2, 0.25) is 0 Å². The molecule has 1 heterocycles. The third-order valence-electron chi connectivity index (χ3n) is 2.70. The van der Waals surface area contributed by atoms with E-state index < -0.39 is 0 Å². The Morgan fingerprint density at radius 2 is 2.15 bits per heavy atom. The van der Waals surface area contributed by atoms with Crippen LogP contribution in [0.25, 0.3) is 0 Å². The van der Waals surface area contributed by atoms with Crippen molar-refractivity contribution in [3.63, 3.8) is 0 Å². The average molecular weight is 192 g/mol. The number of rotatable bonds is 1. The maximum atomic E-state index is 2.34. The molecule has 0 aromatic heterocycles. The van der Waals surface area contributed by atoms with Crippen molar-refractivity contribution in [3.05, 3.63) is 29.3 Å². The van der Waals surface area contributed by atoms with Crippen molar-refractivity contribution in [2.45, 2.75) is 37.5 Å². The maximum Gasteiger partial charge on any atom is 0.0110 e.